The van der Waals surface area contributed by atoms with Gasteiger partial charge in [-0.05, 0) is 18.8 Å². The van der Waals surface area contributed by atoms with E-state index in [1.807, 2.05) is 0 Å². The van der Waals surface area contributed by atoms with Crippen LogP contribution in [0.15, 0.2) is 11.8 Å². The summed E-state index contributed by atoms with van der Waals surface area (Å²) in [5.74, 6) is -1.54. The van der Waals surface area contributed by atoms with Gasteiger partial charge in [-0.15, -0.1) is 0 Å². The first-order valence-electron chi connectivity index (χ1n) is 5.03. The lowest BCUT2D eigenvalue weighted by molar-refractivity contribution is -0.143. The second-order valence-electron chi connectivity index (χ2n) is 4.11. The van der Waals surface area contributed by atoms with E-state index in [4.69, 9.17) is 14.9 Å². The smallest absolute Gasteiger partial charge is 0.334 e. The van der Waals surface area contributed by atoms with Crippen molar-refractivity contribution in [1.29, 1.82) is 0 Å². The van der Waals surface area contributed by atoms with Gasteiger partial charge < -0.3 is 20.1 Å². The number of ether oxygens (including phenoxy) is 1. The standard InChI is InChI=1S/C10H14O5/c11-3-5-1-2-6-7(9(12)13)4-15-10(14)8(5)6/h4-6,8,10-11,14H,1-3H2,(H,12,13)/t5?,6?,8-,10?/m1/s1. The number of aliphatic carboxylic acids is 1. The number of hydrogen-bond donors (Lipinski definition) is 3. The molecule has 1 saturated carbocycles. The third-order valence-corrected chi connectivity index (χ3v) is 3.40. The van der Waals surface area contributed by atoms with Crippen LogP contribution < -0.4 is 0 Å². The van der Waals surface area contributed by atoms with E-state index in [2.05, 4.69) is 0 Å². The largest absolute Gasteiger partial charge is 0.478 e. The van der Waals surface area contributed by atoms with Crippen molar-refractivity contribution in [1.82, 2.24) is 0 Å². The normalized spacial score (nSPS) is 39.2. The van der Waals surface area contributed by atoms with Crippen LogP contribution in [-0.4, -0.2) is 34.2 Å². The maximum atomic E-state index is 10.9. The average Bonchev–Trinajstić information content (AvgIpc) is 2.62. The molecule has 2 rings (SSSR count). The van der Waals surface area contributed by atoms with Crippen molar-refractivity contribution in [3.8, 4) is 0 Å². The maximum absolute atomic E-state index is 10.9. The summed E-state index contributed by atoms with van der Waals surface area (Å²) in [5.41, 5.74) is 0.209. The first-order chi connectivity index (χ1) is 7.15. The Kier molecular flexibility index (Phi) is 2.67. The first-order valence-corrected chi connectivity index (χ1v) is 5.03. The number of carbonyl (C=O) groups is 1. The van der Waals surface area contributed by atoms with E-state index in [0.717, 1.165) is 12.7 Å². The molecule has 1 aliphatic heterocycles. The Morgan fingerprint density at radius 3 is 2.87 bits per heavy atom. The number of rotatable bonds is 2. The van der Waals surface area contributed by atoms with E-state index in [9.17, 15) is 9.90 Å². The minimum atomic E-state index is -1.00. The highest BCUT2D eigenvalue weighted by molar-refractivity contribution is 5.87. The van der Waals surface area contributed by atoms with Crippen LogP contribution in [0, 0.1) is 17.8 Å². The molecule has 5 nitrogen and oxygen atoms in total. The van der Waals surface area contributed by atoms with Crippen LogP contribution in [0.25, 0.3) is 0 Å². The first kappa shape index (κ1) is 10.4. The Morgan fingerprint density at radius 2 is 2.27 bits per heavy atom. The van der Waals surface area contributed by atoms with Gasteiger partial charge in [0.2, 0.25) is 0 Å². The van der Waals surface area contributed by atoms with Crippen molar-refractivity contribution in [3.63, 3.8) is 0 Å². The zero-order valence-electron chi connectivity index (χ0n) is 8.17. The fourth-order valence-corrected chi connectivity index (χ4v) is 2.64. The van der Waals surface area contributed by atoms with E-state index < -0.39 is 12.3 Å². The number of carboxylic acids is 1. The van der Waals surface area contributed by atoms with Gasteiger partial charge in [-0.2, -0.15) is 0 Å². The fourth-order valence-electron chi connectivity index (χ4n) is 2.64. The Hall–Kier alpha value is -1.07. The van der Waals surface area contributed by atoms with Gasteiger partial charge in [-0.3, -0.25) is 0 Å². The molecule has 0 radical (unpaired) electrons. The average molecular weight is 214 g/mol. The lowest BCUT2D eigenvalue weighted by Gasteiger charge is -2.32. The Morgan fingerprint density at radius 1 is 1.53 bits per heavy atom. The Bertz CT molecular complexity index is 298. The third-order valence-electron chi connectivity index (χ3n) is 3.40. The molecule has 15 heavy (non-hydrogen) atoms. The van der Waals surface area contributed by atoms with Crippen LogP contribution in [0.3, 0.4) is 0 Å². The summed E-state index contributed by atoms with van der Waals surface area (Å²) >= 11 is 0. The lowest BCUT2D eigenvalue weighted by atomic mass is 9.83. The van der Waals surface area contributed by atoms with E-state index in [1.165, 1.54) is 0 Å². The van der Waals surface area contributed by atoms with Crippen LogP contribution in [0.5, 0.6) is 0 Å². The highest BCUT2D eigenvalue weighted by atomic mass is 16.6. The molecule has 0 spiro atoms. The number of carboxylic acid groups (broad SMARTS) is 1. The molecule has 3 unspecified atom stereocenters. The molecule has 84 valence electrons. The number of hydrogen-bond acceptors (Lipinski definition) is 4. The lowest BCUT2D eigenvalue weighted by Crippen LogP contribution is -2.37. The van der Waals surface area contributed by atoms with Crippen LogP contribution >= 0.6 is 0 Å². The van der Waals surface area contributed by atoms with Crippen molar-refractivity contribution in [2.75, 3.05) is 6.61 Å². The van der Waals surface area contributed by atoms with Crippen molar-refractivity contribution < 1.29 is 24.9 Å². The van der Waals surface area contributed by atoms with Gasteiger partial charge in [0, 0.05) is 18.4 Å². The van der Waals surface area contributed by atoms with Gasteiger partial charge in [0.05, 0.1) is 11.8 Å². The molecule has 4 atom stereocenters. The molecular formula is C10H14O5. The summed E-state index contributed by atoms with van der Waals surface area (Å²) in [6.07, 6.45) is 1.57. The molecule has 1 fully saturated rings. The number of fused-ring (bicyclic) bond motifs is 1. The quantitative estimate of drug-likeness (QED) is 0.599. The van der Waals surface area contributed by atoms with Gasteiger partial charge >= 0.3 is 5.97 Å². The molecule has 2 aliphatic rings. The van der Waals surface area contributed by atoms with Crippen LogP contribution in [0.4, 0.5) is 0 Å². The van der Waals surface area contributed by atoms with Crippen molar-refractivity contribution in [2.45, 2.75) is 19.1 Å². The van der Waals surface area contributed by atoms with E-state index >= 15 is 0 Å². The zero-order valence-corrected chi connectivity index (χ0v) is 8.17. The number of aliphatic hydroxyl groups is 2. The fraction of sp³-hybridized carbons (Fsp3) is 0.700. The summed E-state index contributed by atoms with van der Waals surface area (Å²) in [5, 5.41) is 27.7. The topological polar surface area (TPSA) is 87.0 Å². The predicted octanol–water partition coefficient (Wildman–Crippen LogP) is -0.0618. The second-order valence-corrected chi connectivity index (χ2v) is 4.11. The van der Waals surface area contributed by atoms with Gasteiger partial charge in [0.15, 0.2) is 6.29 Å². The van der Waals surface area contributed by atoms with E-state index in [0.29, 0.717) is 6.42 Å². The molecule has 5 heteroatoms. The second kappa shape index (κ2) is 3.83. The number of aliphatic hydroxyl groups excluding tert-OH is 2. The summed E-state index contributed by atoms with van der Waals surface area (Å²) in [6.45, 7) is -0.0332. The van der Waals surface area contributed by atoms with Crippen LogP contribution in [0.1, 0.15) is 12.8 Å². The summed E-state index contributed by atoms with van der Waals surface area (Å²) in [6, 6.07) is 0. The molecule has 0 aromatic heterocycles. The Labute approximate surface area is 87.0 Å². The molecule has 0 amide bonds. The highest BCUT2D eigenvalue weighted by Crippen LogP contribution is 2.45. The summed E-state index contributed by atoms with van der Waals surface area (Å²) in [7, 11) is 0. The van der Waals surface area contributed by atoms with Crippen LogP contribution in [0.2, 0.25) is 0 Å². The summed E-state index contributed by atoms with van der Waals surface area (Å²) < 4.78 is 4.90. The third kappa shape index (κ3) is 1.61. The van der Waals surface area contributed by atoms with Crippen molar-refractivity contribution in [3.05, 3.63) is 11.8 Å². The molecule has 1 aliphatic carbocycles. The molecule has 1 heterocycles. The van der Waals surface area contributed by atoms with E-state index in [1.54, 1.807) is 0 Å². The minimum absolute atomic E-state index is 0.0332. The maximum Gasteiger partial charge on any atom is 0.334 e. The van der Waals surface area contributed by atoms with Gasteiger partial charge in [0.1, 0.15) is 0 Å². The van der Waals surface area contributed by atoms with Gasteiger partial charge in [-0.25, -0.2) is 4.79 Å². The SMILES string of the molecule is O=C(O)C1=COC(O)[C@@H]2C(CO)CCC12. The minimum Gasteiger partial charge on any atom is -0.478 e. The molecule has 0 bridgehead atoms. The Balaban J connectivity index is 2.25. The summed E-state index contributed by atoms with van der Waals surface area (Å²) in [4.78, 5) is 10.9. The van der Waals surface area contributed by atoms with E-state index in [-0.39, 0.29) is 29.9 Å². The molecular weight excluding hydrogens is 200 g/mol. The van der Waals surface area contributed by atoms with Crippen molar-refractivity contribution >= 4 is 5.97 Å². The molecule has 3 N–H and O–H groups in total. The molecule has 0 aromatic carbocycles. The monoisotopic (exact) mass is 214 g/mol. The highest BCUT2D eigenvalue weighted by Gasteiger charge is 2.46. The van der Waals surface area contributed by atoms with Gasteiger partial charge in [-0.1, -0.05) is 0 Å². The molecule has 0 aromatic rings. The van der Waals surface area contributed by atoms with Gasteiger partial charge in [0.25, 0.3) is 0 Å². The molecule has 0 saturated heterocycles. The van der Waals surface area contributed by atoms with Crippen LogP contribution in [-0.2, 0) is 9.53 Å². The van der Waals surface area contributed by atoms with Crippen molar-refractivity contribution in [2.24, 2.45) is 17.8 Å². The predicted molar refractivity (Wildman–Crippen MR) is 49.6 cm³/mol. The zero-order chi connectivity index (χ0) is 11.0.